The predicted octanol–water partition coefficient (Wildman–Crippen LogP) is 1.43. The topological polar surface area (TPSA) is 76.7 Å². The molecule has 2 rings (SSSR count). The molecule has 2 heterocycles. The van der Waals surface area contributed by atoms with Crippen LogP contribution in [0.1, 0.15) is 11.5 Å². The molecule has 0 spiro atoms. The molecule has 0 saturated heterocycles. The maximum Gasteiger partial charge on any atom is 0.224 e. The molecule has 6 nitrogen and oxygen atoms in total. The van der Waals surface area contributed by atoms with Gasteiger partial charge in [-0.05, 0) is 18.5 Å². The van der Waals surface area contributed by atoms with E-state index >= 15 is 0 Å². The molecule has 1 N–H and O–H groups in total. The van der Waals surface area contributed by atoms with Gasteiger partial charge in [0.05, 0.1) is 6.54 Å². The lowest BCUT2D eigenvalue weighted by Crippen LogP contribution is -2.04. The number of anilines is 1. The zero-order chi connectivity index (χ0) is 10.7. The molecular weight excluding hydrogens is 218 g/mol. The van der Waals surface area contributed by atoms with Crippen molar-refractivity contribution < 1.29 is 4.52 Å². The first-order chi connectivity index (χ1) is 7.24. The minimum absolute atomic E-state index is 0.214. The van der Waals surface area contributed by atoms with Gasteiger partial charge in [-0.15, -0.1) is 0 Å². The second-order valence-electron chi connectivity index (χ2n) is 2.86. The smallest absolute Gasteiger partial charge is 0.224 e. The molecule has 0 bridgehead atoms. The van der Waals surface area contributed by atoms with Crippen LogP contribution in [0.4, 0.5) is 5.82 Å². The Kier molecular flexibility index (Phi) is 2.77. The Bertz CT molecular complexity index is 424. The zero-order valence-corrected chi connectivity index (χ0v) is 8.69. The second kappa shape index (κ2) is 4.22. The Morgan fingerprint density at radius 1 is 1.47 bits per heavy atom. The summed E-state index contributed by atoms with van der Waals surface area (Å²) >= 11 is 5.70. The third-order valence-electron chi connectivity index (χ3n) is 1.66. The van der Waals surface area contributed by atoms with E-state index in [2.05, 4.69) is 29.9 Å². The highest BCUT2D eigenvalue weighted by atomic mass is 35.5. The highest BCUT2D eigenvalue weighted by molar-refractivity contribution is 6.28. The maximum absolute atomic E-state index is 5.70. The van der Waals surface area contributed by atoms with E-state index < -0.39 is 0 Å². The summed E-state index contributed by atoms with van der Waals surface area (Å²) in [5.41, 5.74) is 0.797. The Hall–Kier alpha value is -1.69. The minimum Gasteiger partial charge on any atom is -0.362 e. The molecule has 7 heteroatoms. The van der Waals surface area contributed by atoms with E-state index in [9.17, 15) is 0 Å². The highest BCUT2D eigenvalue weighted by Gasteiger charge is 2.01. The number of hydrogen-bond acceptors (Lipinski definition) is 6. The lowest BCUT2D eigenvalue weighted by molar-refractivity contribution is 0.411. The first-order valence-corrected chi connectivity index (χ1v) is 4.62. The van der Waals surface area contributed by atoms with E-state index in [0.29, 0.717) is 18.2 Å². The summed E-state index contributed by atoms with van der Waals surface area (Å²) in [6.45, 7) is 2.27. The van der Waals surface area contributed by atoms with Crippen LogP contribution in [-0.2, 0) is 6.54 Å². The van der Waals surface area contributed by atoms with Gasteiger partial charge < -0.3 is 9.84 Å². The van der Waals surface area contributed by atoms with Crippen molar-refractivity contribution in [2.75, 3.05) is 5.32 Å². The van der Waals surface area contributed by atoms with Crippen molar-refractivity contribution in [2.24, 2.45) is 0 Å². The fourth-order valence-electron chi connectivity index (χ4n) is 1.06. The van der Waals surface area contributed by atoms with Crippen LogP contribution < -0.4 is 5.32 Å². The molecule has 15 heavy (non-hydrogen) atoms. The molecular formula is C8H8ClN5O. The van der Waals surface area contributed by atoms with Gasteiger partial charge in [0.25, 0.3) is 0 Å². The minimum atomic E-state index is 0.214. The molecule has 78 valence electrons. The van der Waals surface area contributed by atoms with E-state index in [1.807, 2.05) is 6.92 Å². The molecule has 0 amide bonds. The summed E-state index contributed by atoms with van der Waals surface area (Å²) in [5.74, 6) is 1.19. The van der Waals surface area contributed by atoms with Crippen molar-refractivity contribution in [2.45, 2.75) is 13.5 Å². The van der Waals surface area contributed by atoms with Crippen LogP contribution in [0.5, 0.6) is 0 Å². The average molecular weight is 226 g/mol. The van der Waals surface area contributed by atoms with Gasteiger partial charge in [0.2, 0.25) is 11.7 Å². The molecule has 2 aromatic heterocycles. The Labute approximate surface area is 90.7 Å². The van der Waals surface area contributed by atoms with Crippen molar-refractivity contribution in [3.05, 3.63) is 29.3 Å². The summed E-state index contributed by atoms with van der Waals surface area (Å²) in [6, 6.07) is 1.78. The largest absolute Gasteiger partial charge is 0.362 e. The van der Waals surface area contributed by atoms with Crippen LogP contribution >= 0.6 is 11.6 Å². The average Bonchev–Trinajstić information content (AvgIpc) is 2.65. The van der Waals surface area contributed by atoms with Gasteiger partial charge in [-0.3, -0.25) is 0 Å². The predicted molar refractivity (Wildman–Crippen MR) is 53.4 cm³/mol. The zero-order valence-electron chi connectivity index (χ0n) is 7.94. The number of aryl methyl sites for hydroxylation is 1. The van der Waals surface area contributed by atoms with E-state index in [1.165, 1.54) is 6.39 Å². The van der Waals surface area contributed by atoms with E-state index in [0.717, 1.165) is 5.69 Å². The fourth-order valence-corrected chi connectivity index (χ4v) is 1.29. The summed E-state index contributed by atoms with van der Waals surface area (Å²) in [4.78, 5) is 11.8. The van der Waals surface area contributed by atoms with Gasteiger partial charge in [-0.25, -0.2) is 9.97 Å². The van der Waals surface area contributed by atoms with Gasteiger partial charge in [0.1, 0.15) is 5.82 Å². The van der Waals surface area contributed by atoms with Gasteiger partial charge >= 0.3 is 0 Å². The van der Waals surface area contributed by atoms with Gasteiger partial charge in [0, 0.05) is 11.8 Å². The molecule has 0 aliphatic rings. The SMILES string of the molecule is Cc1cc(NCc2ncon2)nc(Cl)n1. The van der Waals surface area contributed by atoms with Gasteiger partial charge in [0.15, 0.2) is 5.82 Å². The van der Waals surface area contributed by atoms with Crippen molar-refractivity contribution in [1.82, 2.24) is 20.1 Å². The number of aromatic nitrogens is 4. The number of rotatable bonds is 3. The Balaban J connectivity index is 2.05. The first kappa shape index (κ1) is 9.85. The summed E-state index contributed by atoms with van der Waals surface area (Å²) < 4.78 is 4.59. The van der Waals surface area contributed by atoms with Crippen LogP contribution in [0.3, 0.4) is 0 Å². The van der Waals surface area contributed by atoms with Crippen LogP contribution in [0.15, 0.2) is 17.0 Å². The Morgan fingerprint density at radius 2 is 2.33 bits per heavy atom. The molecule has 0 aliphatic heterocycles. The lowest BCUT2D eigenvalue weighted by Gasteiger charge is -2.03. The second-order valence-corrected chi connectivity index (χ2v) is 3.20. The van der Waals surface area contributed by atoms with Crippen molar-refractivity contribution >= 4 is 17.4 Å². The molecule has 2 aromatic rings. The first-order valence-electron chi connectivity index (χ1n) is 4.24. The van der Waals surface area contributed by atoms with Crippen LogP contribution in [-0.4, -0.2) is 20.1 Å². The van der Waals surface area contributed by atoms with Crippen molar-refractivity contribution in [1.29, 1.82) is 0 Å². The maximum atomic E-state index is 5.70. The molecule has 0 radical (unpaired) electrons. The highest BCUT2D eigenvalue weighted by Crippen LogP contribution is 2.10. The van der Waals surface area contributed by atoms with E-state index in [1.54, 1.807) is 6.07 Å². The molecule has 0 aliphatic carbocycles. The van der Waals surface area contributed by atoms with Crippen LogP contribution in [0.25, 0.3) is 0 Å². The number of nitrogens with one attached hydrogen (secondary N) is 1. The third-order valence-corrected chi connectivity index (χ3v) is 1.83. The standard InChI is InChI=1S/C8H8ClN5O/c1-5-2-6(13-8(9)12-5)10-3-7-11-4-15-14-7/h2,4H,3H2,1H3,(H,10,12,13). The normalized spacial score (nSPS) is 10.3. The van der Waals surface area contributed by atoms with Crippen LogP contribution in [0, 0.1) is 6.92 Å². The fraction of sp³-hybridized carbons (Fsp3) is 0.250. The molecule has 0 aromatic carbocycles. The summed E-state index contributed by atoms with van der Waals surface area (Å²) in [5, 5.41) is 6.87. The van der Waals surface area contributed by atoms with Gasteiger partial charge in [-0.2, -0.15) is 4.98 Å². The number of nitrogens with zero attached hydrogens (tertiary/aromatic N) is 4. The van der Waals surface area contributed by atoms with Gasteiger partial charge in [-0.1, -0.05) is 5.16 Å². The summed E-state index contributed by atoms with van der Waals surface area (Å²) in [7, 11) is 0. The third kappa shape index (κ3) is 2.63. The monoisotopic (exact) mass is 225 g/mol. The quantitative estimate of drug-likeness (QED) is 0.797. The van der Waals surface area contributed by atoms with Crippen LogP contribution in [0.2, 0.25) is 5.28 Å². The molecule has 0 atom stereocenters. The number of halogens is 1. The summed E-state index contributed by atoms with van der Waals surface area (Å²) in [6.07, 6.45) is 1.27. The molecule has 0 unspecified atom stereocenters. The van der Waals surface area contributed by atoms with Crippen molar-refractivity contribution in [3.8, 4) is 0 Å². The molecule has 0 saturated carbocycles. The molecule has 0 fully saturated rings. The number of hydrogen-bond donors (Lipinski definition) is 1. The van der Waals surface area contributed by atoms with E-state index in [-0.39, 0.29) is 5.28 Å². The van der Waals surface area contributed by atoms with E-state index in [4.69, 9.17) is 11.6 Å². The lowest BCUT2D eigenvalue weighted by atomic mass is 10.4. The Morgan fingerprint density at radius 3 is 3.00 bits per heavy atom. The van der Waals surface area contributed by atoms with Crippen molar-refractivity contribution in [3.63, 3.8) is 0 Å².